The zero-order valence-electron chi connectivity index (χ0n) is 11.6. The molecule has 2 heterocycles. The van der Waals surface area contributed by atoms with Crippen LogP contribution < -0.4 is 10.2 Å². The van der Waals surface area contributed by atoms with Gasteiger partial charge in [-0.2, -0.15) is 10.4 Å². The molecule has 1 saturated heterocycles. The molecule has 0 bridgehead atoms. The third kappa shape index (κ3) is 2.88. The van der Waals surface area contributed by atoms with Crippen LogP contribution in [-0.4, -0.2) is 47.2 Å². The predicted molar refractivity (Wildman–Crippen MR) is 73.0 cm³/mol. The molecular formula is C13H21N5O. The third-order valence-corrected chi connectivity index (χ3v) is 3.58. The van der Waals surface area contributed by atoms with Gasteiger partial charge in [0.25, 0.3) is 0 Å². The minimum atomic E-state index is 0.0712. The maximum Gasteiger partial charge on any atom is 0.145 e. The number of nitrogens with zero attached hydrogens (tertiary/aromatic N) is 4. The maximum absolute atomic E-state index is 9.28. The molecule has 2 N–H and O–H groups in total. The number of aliphatic hydroxyl groups is 1. The summed E-state index contributed by atoms with van der Waals surface area (Å²) in [5.41, 5.74) is 1.34. The summed E-state index contributed by atoms with van der Waals surface area (Å²) in [6, 6.07) is 2.65. The second-order valence-corrected chi connectivity index (χ2v) is 4.98. The van der Waals surface area contributed by atoms with Crippen LogP contribution in [0, 0.1) is 18.3 Å². The molecule has 1 aliphatic heterocycles. The molecule has 0 saturated carbocycles. The number of aliphatic hydroxyl groups excluding tert-OH is 1. The van der Waals surface area contributed by atoms with Crippen LogP contribution in [0.1, 0.15) is 24.1 Å². The van der Waals surface area contributed by atoms with Crippen molar-refractivity contribution in [2.24, 2.45) is 7.05 Å². The molecule has 1 fully saturated rings. The van der Waals surface area contributed by atoms with Gasteiger partial charge in [0.05, 0.1) is 12.3 Å². The molecule has 2 rings (SSSR count). The van der Waals surface area contributed by atoms with Gasteiger partial charge in [0.15, 0.2) is 0 Å². The Bertz CT molecular complexity index is 470. The second kappa shape index (κ2) is 6.04. The van der Waals surface area contributed by atoms with Gasteiger partial charge in [-0.05, 0) is 26.3 Å². The Labute approximate surface area is 113 Å². The highest BCUT2D eigenvalue weighted by Crippen LogP contribution is 2.23. The van der Waals surface area contributed by atoms with Gasteiger partial charge in [0.1, 0.15) is 17.5 Å². The molecule has 6 heteroatoms. The van der Waals surface area contributed by atoms with E-state index in [1.54, 1.807) is 4.68 Å². The van der Waals surface area contributed by atoms with Crippen molar-refractivity contribution in [3.8, 4) is 6.07 Å². The topological polar surface area (TPSA) is 77.1 Å². The van der Waals surface area contributed by atoms with Gasteiger partial charge in [0, 0.05) is 26.2 Å². The number of aromatic nitrogens is 2. The number of aryl methyl sites for hydroxylation is 2. The second-order valence-electron chi connectivity index (χ2n) is 4.98. The van der Waals surface area contributed by atoms with Gasteiger partial charge in [-0.3, -0.25) is 4.68 Å². The average Bonchev–Trinajstić information content (AvgIpc) is 2.96. The van der Waals surface area contributed by atoms with Gasteiger partial charge in [-0.25, -0.2) is 0 Å². The number of nitriles is 1. The van der Waals surface area contributed by atoms with Crippen LogP contribution in [0.5, 0.6) is 0 Å². The standard InChI is InChI=1S/C13H21N5O/c1-10-12(8-14)13(17(2)16-10)18(6-7-19)9-11-4-3-5-15-11/h11,15,19H,3-7,9H2,1-2H3. The van der Waals surface area contributed by atoms with Crippen molar-refractivity contribution in [3.05, 3.63) is 11.3 Å². The maximum atomic E-state index is 9.28. The highest BCUT2D eigenvalue weighted by atomic mass is 16.3. The van der Waals surface area contributed by atoms with Crippen LogP contribution in [0.3, 0.4) is 0 Å². The Hall–Kier alpha value is -1.58. The summed E-state index contributed by atoms with van der Waals surface area (Å²) >= 11 is 0. The van der Waals surface area contributed by atoms with E-state index in [4.69, 9.17) is 0 Å². The first-order valence-electron chi connectivity index (χ1n) is 6.70. The number of hydrogen-bond donors (Lipinski definition) is 2. The number of anilines is 1. The van der Waals surface area contributed by atoms with E-state index in [1.807, 2.05) is 14.0 Å². The molecule has 6 nitrogen and oxygen atoms in total. The van der Waals surface area contributed by atoms with E-state index in [0.717, 1.165) is 31.0 Å². The van der Waals surface area contributed by atoms with Crippen LogP contribution >= 0.6 is 0 Å². The van der Waals surface area contributed by atoms with Crippen molar-refractivity contribution in [3.63, 3.8) is 0 Å². The molecule has 0 radical (unpaired) electrons. The molecule has 104 valence electrons. The van der Waals surface area contributed by atoms with Crippen LogP contribution in [0.4, 0.5) is 5.82 Å². The summed E-state index contributed by atoms with van der Waals surface area (Å²) in [5.74, 6) is 0.808. The molecule has 0 spiro atoms. The van der Waals surface area contributed by atoms with E-state index < -0.39 is 0 Å². The van der Waals surface area contributed by atoms with Gasteiger partial charge < -0.3 is 15.3 Å². The van der Waals surface area contributed by atoms with Crippen molar-refractivity contribution in [1.29, 1.82) is 5.26 Å². The molecule has 0 aliphatic carbocycles. The van der Waals surface area contributed by atoms with Crippen LogP contribution in [0.25, 0.3) is 0 Å². The Morgan fingerprint density at radius 3 is 3.00 bits per heavy atom. The van der Waals surface area contributed by atoms with Crippen molar-refractivity contribution in [1.82, 2.24) is 15.1 Å². The fourth-order valence-corrected chi connectivity index (χ4v) is 2.72. The van der Waals surface area contributed by atoms with Gasteiger partial charge >= 0.3 is 0 Å². The van der Waals surface area contributed by atoms with Crippen LogP contribution in [-0.2, 0) is 7.05 Å². The lowest BCUT2D eigenvalue weighted by molar-refractivity contribution is 0.299. The fraction of sp³-hybridized carbons (Fsp3) is 0.692. The van der Waals surface area contributed by atoms with E-state index in [9.17, 15) is 10.4 Å². The predicted octanol–water partition coefficient (Wildman–Crippen LogP) is 0.151. The Balaban J connectivity index is 2.25. The van der Waals surface area contributed by atoms with Crippen molar-refractivity contribution in [2.45, 2.75) is 25.8 Å². The van der Waals surface area contributed by atoms with E-state index in [-0.39, 0.29) is 6.61 Å². The van der Waals surface area contributed by atoms with Crippen molar-refractivity contribution < 1.29 is 5.11 Å². The molecular weight excluding hydrogens is 242 g/mol. The number of nitrogens with one attached hydrogen (secondary N) is 1. The monoisotopic (exact) mass is 263 g/mol. The number of hydrogen-bond acceptors (Lipinski definition) is 5. The Morgan fingerprint density at radius 2 is 2.42 bits per heavy atom. The highest BCUT2D eigenvalue weighted by Gasteiger charge is 2.23. The zero-order valence-corrected chi connectivity index (χ0v) is 11.6. The van der Waals surface area contributed by atoms with Crippen LogP contribution in [0.15, 0.2) is 0 Å². The highest BCUT2D eigenvalue weighted by molar-refractivity contribution is 5.57. The van der Waals surface area contributed by atoms with E-state index in [2.05, 4.69) is 21.4 Å². The summed E-state index contributed by atoms with van der Waals surface area (Å²) in [5, 5.41) is 26.3. The number of rotatable bonds is 5. The Kier molecular flexibility index (Phi) is 4.40. The first-order valence-corrected chi connectivity index (χ1v) is 6.70. The van der Waals surface area contributed by atoms with Crippen LogP contribution in [0.2, 0.25) is 0 Å². The van der Waals surface area contributed by atoms with Crippen molar-refractivity contribution >= 4 is 5.82 Å². The molecule has 1 aliphatic rings. The molecule has 1 atom stereocenters. The lowest BCUT2D eigenvalue weighted by Crippen LogP contribution is -2.40. The first-order chi connectivity index (χ1) is 9.17. The van der Waals surface area contributed by atoms with E-state index >= 15 is 0 Å². The fourth-order valence-electron chi connectivity index (χ4n) is 2.72. The summed E-state index contributed by atoms with van der Waals surface area (Å²) in [4.78, 5) is 2.06. The zero-order chi connectivity index (χ0) is 13.8. The normalized spacial score (nSPS) is 18.5. The summed E-state index contributed by atoms with van der Waals surface area (Å²) in [6.07, 6.45) is 2.33. The largest absolute Gasteiger partial charge is 0.395 e. The molecule has 1 aromatic heterocycles. The molecule has 1 aromatic rings. The average molecular weight is 263 g/mol. The quantitative estimate of drug-likeness (QED) is 0.791. The van der Waals surface area contributed by atoms with Gasteiger partial charge in [0.2, 0.25) is 0 Å². The van der Waals surface area contributed by atoms with Gasteiger partial charge in [-0.15, -0.1) is 0 Å². The lowest BCUT2D eigenvalue weighted by Gasteiger charge is -2.27. The first kappa shape index (κ1) is 13.8. The SMILES string of the molecule is Cc1nn(C)c(N(CCO)CC2CCCN2)c1C#N. The Morgan fingerprint density at radius 1 is 1.63 bits per heavy atom. The summed E-state index contributed by atoms with van der Waals surface area (Å²) in [7, 11) is 1.84. The minimum absolute atomic E-state index is 0.0712. The lowest BCUT2D eigenvalue weighted by atomic mass is 10.2. The van der Waals surface area contributed by atoms with Gasteiger partial charge in [-0.1, -0.05) is 0 Å². The summed E-state index contributed by atoms with van der Waals surface area (Å²) in [6.45, 7) is 4.28. The molecule has 1 unspecified atom stereocenters. The van der Waals surface area contributed by atoms with E-state index in [1.165, 1.54) is 6.42 Å². The van der Waals surface area contributed by atoms with E-state index in [0.29, 0.717) is 18.2 Å². The smallest absolute Gasteiger partial charge is 0.145 e. The minimum Gasteiger partial charge on any atom is -0.395 e. The van der Waals surface area contributed by atoms with Crippen molar-refractivity contribution in [2.75, 3.05) is 31.1 Å². The molecule has 0 amide bonds. The third-order valence-electron chi connectivity index (χ3n) is 3.58. The summed E-state index contributed by atoms with van der Waals surface area (Å²) < 4.78 is 1.73. The molecule has 19 heavy (non-hydrogen) atoms. The molecule has 0 aromatic carbocycles.